The van der Waals surface area contributed by atoms with Crippen LogP contribution in [0.4, 0.5) is 5.82 Å². The molecule has 10 nitrogen and oxygen atoms in total. The number of fused-ring (bicyclic) bond motifs is 1. The Bertz CT molecular complexity index is 662. The molecule has 3 rings (SSSR count). The molecule has 5 N–H and O–H groups in total. The minimum Gasteiger partial charge on any atom is -0.394 e. The summed E-state index contributed by atoms with van der Waals surface area (Å²) in [4.78, 5) is 12.3. The Balaban J connectivity index is 2.03. The molecule has 1 fully saturated rings. The molecule has 120 valence electrons. The van der Waals surface area contributed by atoms with Crippen LogP contribution in [0, 0.1) is 0 Å². The number of imidazole rings is 1. The highest BCUT2D eigenvalue weighted by Gasteiger charge is 2.44. The molecule has 2 aromatic heterocycles. The van der Waals surface area contributed by atoms with Gasteiger partial charge in [-0.25, -0.2) is 15.0 Å². The predicted molar refractivity (Wildman–Crippen MR) is 73.9 cm³/mol. The van der Waals surface area contributed by atoms with Crippen molar-refractivity contribution in [2.45, 2.75) is 30.6 Å². The van der Waals surface area contributed by atoms with Crippen molar-refractivity contribution >= 4 is 17.0 Å². The van der Waals surface area contributed by atoms with E-state index in [9.17, 15) is 20.4 Å². The van der Waals surface area contributed by atoms with Gasteiger partial charge in [-0.15, -0.1) is 0 Å². The number of ether oxygens (including phenoxy) is 1. The first-order valence-corrected chi connectivity index (χ1v) is 6.74. The summed E-state index contributed by atoms with van der Waals surface area (Å²) in [6.07, 6.45) is -3.58. The predicted octanol–water partition coefficient (Wildman–Crippen LogP) is -2.16. The fourth-order valence-electron chi connectivity index (χ4n) is 2.53. The van der Waals surface area contributed by atoms with Crippen LogP contribution in [-0.2, 0) is 4.74 Å². The molecule has 1 aliphatic heterocycles. The SMILES string of the molecule is CNc1ncnc2c1ncn2C1O[C@H](CO)[C@@H](O)[C@H](O)C1O. The summed E-state index contributed by atoms with van der Waals surface area (Å²) in [6, 6.07) is 0. The summed E-state index contributed by atoms with van der Waals surface area (Å²) in [6.45, 7) is -0.495. The molecule has 0 radical (unpaired) electrons. The number of aliphatic hydroxyl groups is 4. The molecule has 5 atom stereocenters. The maximum atomic E-state index is 10.2. The van der Waals surface area contributed by atoms with Crippen molar-refractivity contribution in [2.75, 3.05) is 19.0 Å². The zero-order valence-corrected chi connectivity index (χ0v) is 11.7. The number of hydrogen-bond acceptors (Lipinski definition) is 9. The number of rotatable bonds is 3. The largest absolute Gasteiger partial charge is 0.394 e. The van der Waals surface area contributed by atoms with Crippen LogP contribution in [0.15, 0.2) is 12.7 Å². The Morgan fingerprint density at radius 1 is 1.18 bits per heavy atom. The van der Waals surface area contributed by atoms with Gasteiger partial charge in [0.15, 0.2) is 17.7 Å². The number of hydrogen-bond donors (Lipinski definition) is 5. The fourth-order valence-corrected chi connectivity index (χ4v) is 2.53. The van der Waals surface area contributed by atoms with Crippen LogP contribution in [0.5, 0.6) is 0 Å². The molecule has 1 aliphatic rings. The third-order valence-corrected chi connectivity index (χ3v) is 3.74. The first kappa shape index (κ1) is 15.1. The van der Waals surface area contributed by atoms with E-state index in [-0.39, 0.29) is 0 Å². The third kappa shape index (κ3) is 2.21. The average molecular weight is 311 g/mol. The molecule has 0 amide bonds. The summed E-state index contributed by atoms with van der Waals surface area (Å²) in [5.74, 6) is 0.508. The molecular weight excluding hydrogens is 294 g/mol. The molecule has 2 unspecified atom stereocenters. The number of aromatic nitrogens is 4. The van der Waals surface area contributed by atoms with Crippen LogP contribution in [0.25, 0.3) is 11.2 Å². The maximum Gasteiger partial charge on any atom is 0.167 e. The van der Waals surface area contributed by atoms with Gasteiger partial charge in [-0.3, -0.25) is 4.57 Å². The number of nitrogens with one attached hydrogen (secondary N) is 1. The van der Waals surface area contributed by atoms with Crippen LogP contribution in [-0.4, -0.2) is 78.0 Å². The van der Waals surface area contributed by atoms with Gasteiger partial charge in [0.1, 0.15) is 36.3 Å². The summed E-state index contributed by atoms with van der Waals surface area (Å²) in [5.41, 5.74) is 0.866. The lowest BCUT2D eigenvalue weighted by atomic mass is 9.98. The highest BCUT2D eigenvalue weighted by Crippen LogP contribution is 2.31. The second-order valence-electron chi connectivity index (χ2n) is 5.02. The Morgan fingerprint density at radius 3 is 2.64 bits per heavy atom. The van der Waals surface area contributed by atoms with Gasteiger partial charge < -0.3 is 30.5 Å². The Morgan fingerprint density at radius 2 is 1.95 bits per heavy atom. The quantitative estimate of drug-likeness (QED) is 0.428. The van der Waals surface area contributed by atoms with E-state index in [1.807, 2.05) is 0 Å². The molecule has 0 spiro atoms. The van der Waals surface area contributed by atoms with E-state index in [4.69, 9.17) is 4.74 Å². The summed E-state index contributed by atoms with van der Waals surface area (Å²) >= 11 is 0. The highest BCUT2D eigenvalue weighted by molar-refractivity contribution is 5.82. The minimum atomic E-state index is -1.46. The Kier molecular flexibility index (Phi) is 3.93. The second kappa shape index (κ2) is 5.74. The summed E-state index contributed by atoms with van der Waals surface area (Å²) in [7, 11) is 1.69. The molecule has 0 aromatic carbocycles. The lowest BCUT2D eigenvalue weighted by Gasteiger charge is -2.40. The van der Waals surface area contributed by atoms with Gasteiger partial charge in [0.05, 0.1) is 12.9 Å². The molecule has 10 heteroatoms. The fraction of sp³-hybridized carbons (Fsp3) is 0.583. The lowest BCUT2D eigenvalue weighted by molar-refractivity contribution is -0.250. The van der Waals surface area contributed by atoms with Crippen molar-refractivity contribution < 1.29 is 25.2 Å². The smallest absolute Gasteiger partial charge is 0.167 e. The minimum absolute atomic E-state index is 0.392. The van der Waals surface area contributed by atoms with Crippen molar-refractivity contribution in [1.29, 1.82) is 0 Å². The number of nitrogens with zero attached hydrogens (tertiary/aromatic N) is 4. The van der Waals surface area contributed by atoms with Crippen LogP contribution in [0.3, 0.4) is 0 Å². The van der Waals surface area contributed by atoms with Gasteiger partial charge in [0.2, 0.25) is 0 Å². The van der Waals surface area contributed by atoms with E-state index in [1.165, 1.54) is 17.2 Å². The van der Waals surface area contributed by atoms with Crippen molar-refractivity contribution in [3.05, 3.63) is 12.7 Å². The van der Waals surface area contributed by atoms with Gasteiger partial charge in [-0.2, -0.15) is 0 Å². The molecule has 1 saturated heterocycles. The van der Waals surface area contributed by atoms with Gasteiger partial charge in [0.25, 0.3) is 0 Å². The molecule has 22 heavy (non-hydrogen) atoms. The van der Waals surface area contributed by atoms with E-state index < -0.39 is 37.3 Å². The van der Waals surface area contributed by atoms with Crippen molar-refractivity contribution in [3.63, 3.8) is 0 Å². The van der Waals surface area contributed by atoms with Crippen molar-refractivity contribution in [1.82, 2.24) is 19.5 Å². The molecule has 3 heterocycles. The average Bonchev–Trinajstić information content (AvgIpc) is 2.97. The normalized spacial score (nSPS) is 32.3. The molecule has 0 saturated carbocycles. The lowest BCUT2D eigenvalue weighted by Crippen LogP contribution is -2.56. The van der Waals surface area contributed by atoms with Gasteiger partial charge in [-0.05, 0) is 0 Å². The van der Waals surface area contributed by atoms with Crippen LogP contribution in [0.1, 0.15) is 6.23 Å². The molecule has 2 aromatic rings. The van der Waals surface area contributed by atoms with E-state index in [0.717, 1.165) is 0 Å². The maximum absolute atomic E-state index is 10.2. The van der Waals surface area contributed by atoms with Crippen LogP contribution in [0.2, 0.25) is 0 Å². The number of aliphatic hydroxyl groups excluding tert-OH is 4. The van der Waals surface area contributed by atoms with E-state index in [1.54, 1.807) is 7.05 Å². The van der Waals surface area contributed by atoms with E-state index in [2.05, 4.69) is 20.3 Å². The van der Waals surface area contributed by atoms with Gasteiger partial charge >= 0.3 is 0 Å². The monoisotopic (exact) mass is 311 g/mol. The Labute approximate surface area is 125 Å². The molecule has 0 bridgehead atoms. The van der Waals surface area contributed by atoms with Crippen LogP contribution < -0.4 is 5.32 Å². The first-order valence-electron chi connectivity index (χ1n) is 6.74. The second-order valence-corrected chi connectivity index (χ2v) is 5.02. The topological polar surface area (TPSA) is 146 Å². The standard InChI is InChI=1S/C12H17N5O5/c1-13-10-6-11(15-3-14-10)17(4-16-6)12-9(21)8(20)7(19)5(2-18)22-12/h3-5,7-9,12,18-21H,2H2,1H3,(H,13,14,15)/t5-,7-,8+,9?,12?/m1/s1. The zero-order chi connectivity index (χ0) is 15.9. The van der Waals surface area contributed by atoms with Crippen molar-refractivity contribution in [3.8, 4) is 0 Å². The number of anilines is 1. The van der Waals surface area contributed by atoms with Gasteiger partial charge in [0, 0.05) is 7.05 Å². The highest BCUT2D eigenvalue weighted by atomic mass is 16.6. The van der Waals surface area contributed by atoms with E-state index >= 15 is 0 Å². The van der Waals surface area contributed by atoms with Crippen molar-refractivity contribution in [2.24, 2.45) is 0 Å². The zero-order valence-electron chi connectivity index (χ0n) is 11.7. The molecule has 0 aliphatic carbocycles. The van der Waals surface area contributed by atoms with E-state index in [0.29, 0.717) is 17.0 Å². The Hall–Kier alpha value is -1.85. The third-order valence-electron chi connectivity index (χ3n) is 3.74. The van der Waals surface area contributed by atoms with Gasteiger partial charge in [-0.1, -0.05) is 0 Å². The summed E-state index contributed by atoms with van der Waals surface area (Å²) < 4.78 is 6.92. The molecular formula is C12H17N5O5. The summed E-state index contributed by atoms with van der Waals surface area (Å²) in [5, 5.41) is 41.9. The van der Waals surface area contributed by atoms with Crippen LogP contribution >= 0.6 is 0 Å². The first-order chi connectivity index (χ1) is 10.6.